The number of pyridine rings is 1. The van der Waals surface area contributed by atoms with Crippen LogP contribution in [0.5, 0.6) is 0 Å². The maximum absolute atomic E-state index is 11.6. The van der Waals surface area contributed by atoms with Crippen molar-refractivity contribution in [3.8, 4) is 0 Å². The van der Waals surface area contributed by atoms with Gasteiger partial charge in [-0.05, 0) is 24.7 Å². The van der Waals surface area contributed by atoms with E-state index in [0.717, 1.165) is 30.2 Å². The smallest absolute Gasteiger partial charge is 0.219 e. The van der Waals surface area contributed by atoms with Gasteiger partial charge in [0.25, 0.3) is 0 Å². The molecule has 0 aromatic carbocycles. The predicted octanol–water partition coefficient (Wildman–Crippen LogP) is 2.88. The first kappa shape index (κ1) is 12.4. The second-order valence-corrected chi connectivity index (χ2v) is 5.45. The molecule has 1 aliphatic rings. The van der Waals surface area contributed by atoms with Crippen LogP contribution in [0.2, 0.25) is 0 Å². The number of hydrogen-bond acceptors (Lipinski definition) is 3. The topological polar surface area (TPSA) is 33.2 Å². The Hall–Kier alpha value is -1.03. The lowest BCUT2D eigenvalue weighted by atomic mass is 10.1. The number of thioether (sulfide) groups is 1. The fraction of sp³-hybridized carbons (Fsp3) is 0.538. The summed E-state index contributed by atoms with van der Waals surface area (Å²) in [5.41, 5.74) is 1.21. The lowest BCUT2D eigenvalue weighted by Gasteiger charge is -2.24. The molecule has 0 aliphatic carbocycles. The van der Waals surface area contributed by atoms with E-state index in [1.54, 1.807) is 18.7 Å². The van der Waals surface area contributed by atoms with Crippen LogP contribution in [0.15, 0.2) is 23.4 Å². The normalized spacial score (nSPS) is 19.6. The predicted molar refractivity (Wildman–Crippen MR) is 70.0 cm³/mol. The average molecular weight is 250 g/mol. The van der Waals surface area contributed by atoms with Crippen molar-refractivity contribution in [1.29, 1.82) is 0 Å². The summed E-state index contributed by atoms with van der Waals surface area (Å²) in [6, 6.07) is 4.30. The van der Waals surface area contributed by atoms with Crippen LogP contribution in [-0.2, 0) is 4.79 Å². The number of carbonyl (C=O) groups is 1. The van der Waals surface area contributed by atoms with E-state index in [0.29, 0.717) is 0 Å². The van der Waals surface area contributed by atoms with Crippen LogP contribution in [0.4, 0.5) is 0 Å². The largest absolute Gasteiger partial charge is 0.336 e. The third kappa shape index (κ3) is 2.63. The van der Waals surface area contributed by atoms with Crippen LogP contribution in [-0.4, -0.2) is 28.1 Å². The molecule has 0 radical (unpaired) electrons. The van der Waals surface area contributed by atoms with Gasteiger partial charge in [-0.1, -0.05) is 13.0 Å². The molecule has 1 aliphatic heterocycles. The van der Waals surface area contributed by atoms with Gasteiger partial charge in [0, 0.05) is 25.2 Å². The van der Waals surface area contributed by atoms with Gasteiger partial charge in [0.05, 0.1) is 6.04 Å². The molecule has 0 saturated carbocycles. The third-order valence-corrected chi connectivity index (χ3v) is 4.00. The zero-order valence-electron chi connectivity index (χ0n) is 10.3. The average Bonchev–Trinajstić information content (AvgIpc) is 2.79. The Balaban J connectivity index is 2.29. The summed E-state index contributed by atoms with van der Waals surface area (Å²) < 4.78 is 0. The number of amides is 1. The Morgan fingerprint density at radius 2 is 2.47 bits per heavy atom. The van der Waals surface area contributed by atoms with E-state index < -0.39 is 0 Å². The minimum atomic E-state index is 0.170. The first-order valence-electron chi connectivity index (χ1n) is 6.09. The van der Waals surface area contributed by atoms with Gasteiger partial charge >= 0.3 is 0 Å². The molecule has 1 amide bonds. The van der Waals surface area contributed by atoms with Gasteiger partial charge in [-0.25, -0.2) is 4.98 Å². The van der Waals surface area contributed by atoms with Crippen molar-refractivity contribution in [2.24, 2.45) is 0 Å². The molecule has 1 unspecified atom stereocenters. The van der Waals surface area contributed by atoms with E-state index in [1.807, 2.05) is 17.2 Å². The molecule has 1 fully saturated rings. The van der Waals surface area contributed by atoms with Gasteiger partial charge < -0.3 is 4.90 Å². The molecule has 1 aromatic rings. The Labute approximate surface area is 107 Å². The minimum absolute atomic E-state index is 0.170. The molecule has 0 N–H and O–H groups in total. The van der Waals surface area contributed by atoms with E-state index in [1.165, 1.54) is 5.56 Å². The summed E-state index contributed by atoms with van der Waals surface area (Å²) in [4.78, 5) is 18.0. The summed E-state index contributed by atoms with van der Waals surface area (Å²) in [7, 11) is 0. The highest BCUT2D eigenvalue weighted by atomic mass is 32.2. The molecule has 4 heteroatoms. The maximum Gasteiger partial charge on any atom is 0.219 e. The summed E-state index contributed by atoms with van der Waals surface area (Å²) in [5.74, 6) is 1.18. The van der Waals surface area contributed by atoms with E-state index in [4.69, 9.17) is 0 Å². The van der Waals surface area contributed by atoms with E-state index in [9.17, 15) is 4.79 Å². The van der Waals surface area contributed by atoms with Gasteiger partial charge in [-0.3, -0.25) is 4.79 Å². The van der Waals surface area contributed by atoms with Crippen LogP contribution in [0, 0.1) is 0 Å². The highest BCUT2D eigenvalue weighted by Crippen LogP contribution is 2.36. The first-order chi connectivity index (χ1) is 8.24. The Bertz CT molecular complexity index is 408. The highest BCUT2D eigenvalue weighted by Gasteiger charge is 2.29. The number of carbonyl (C=O) groups excluding carboxylic acids is 1. The van der Waals surface area contributed by atoms with E-state index in [2.05, 4.69) is 18.0 Å². The van der Waals surface area contributed by atoms with Gasteiger partial charge in [0.15, 0.2) is 0 Å². The molecule has 2 rings (SSSR count). The second-order valence-electron chi connectivity index (χ2n) is 4.20. The number of rotatable bonds is 3. The molecule has 1 saturated heterocycles. The molecular weight excluding hydrogens is 232 g/mol. The minimum Gasteiger partial charge on any atom is -0.336 e. The monoisotopic (exact) mass is 250 g/mol. The molecule has 0 bridgehead atoms. The van der Waals surface area contributed by atoms with Gasteiger partial charge in [0.1, 0.15) is 5.03 Å². The Kier molecular flexibility index (Phi) is 4.05. The SMILES string of the molecule is CCSc1ncccc1C1CCCN1C(C)=O. The van der Waals surface area contributed by atoms with Crippen molar-refractivity contribution < 1.29 is 4.79 Å². The van der Waals surface area contributed by atoms with Crippen molar-refractivity contribution in [2.75, 3.05) is 12.3 Å². The summed E-state index contributed by atoms with van der Waals surface area (Å²) >= 11 is 1.75. The Morgan fingerprint density at radius 3 is 3.18 bits per heavy atom. The lowest BCUT2D eigenvalue weighted by molar-refractivity contribution is -0.129. The summed E-state index contributed by atoms with van der Waals surface area (Å²) in [6.07, 6.45) is 3.98. The fourth-order valence-electron chi connectivity index (χ4n) is 2.38. The van der Waals surface area contributed by atoms with Crippen molar-refractivity contribution in [1.82, 2.24) is 9.88 Å². The van der Waals surface area contributed by atoms with Crippen molar-refractivity contribution in [3.05, 3.63) is 23.9 Å². The summed E-state index contributed by atoms with van der Waals surface area (Å²) in [6.45, 7) is 4.66. The molecule has 92 valence electrons. The maximum atomic E-state index is 11.6. The van der Waals surface area contributed by atoms with Gasteiger partial charge in [-0.2, -0.15) is 0 Å². The second kappa shape index (κ2) is 5.54. The zero-order chi connectivity index (χ0) is 12.3. The molecular formula is C13H18N2OS. The molecule has 1 atom stereocenters. The summed E-state index contributed by atoms with van der Waals surface area (Å²) in [5, 5.41) is 1.08. The number of nitrogens with zero attached hydrogens (tertiary/aromatic N) is 2. The molecule has 2 heterocycles. The van der Waals surface area contributed by atoms with Crippen LogP contribution < -0.4 is 0 Å². The lowest BCUT2D eigenvalue weighted by Crippen LogP contribution is -2.28. The van der Waals surface area contributed by atoms with Crippen molar-refractivity contribution >= 4 is 17.7 Å². The quantitative estimate of drug-likeness (QED) is 0.773. The van der Waals surface area contributed by atoms with E-state index >= 15 is 0 Å². The third-order valence-electron chi connectivity index (χ3n) is 3.10. The van der Waals surface area contributed by atoms with Crippen LogP contribution in [0.25, 0.3) is 0 Å². The fourth-order valence-corrected chi connectivity index (χ4v) is 3.16. The number of aromatic nitrogens is 1. The standard InChI is InChI=1S/C13H18N2OS/c1-3-17-13-11(6-4-8-14-13)12-7-5-9-15(12)10(2)16/h4,6,8,12H,3,5,7,9H2,1-2H3. The van der Waals surface area contributed by atoms with Crippen molar-refractivity contribution in [2.45, 2.75) is 37.8 Å². The molecule has 17 heavy (non-hydrogen) atoms. The van der Waals surface area contributed by atoms with Crippen molar-refractivity contribution in [3.63, 3.8) is 0 Å². The van der Waals surface area contributed by atoms with Crippen LogP contribution in [0.1, 0.15) is 38.3 Å². The number of hydrogen-bond donors (Lipinski definition) is 0. The molecule has 3 nitrogen and oxygen atoms in total. The van der Waals surface area contributed by atoms with Gasteiger partial charge in [0.2, 0.25) is 5.91 Å². The first-order valence-corrected chi connectivity index (χ1v) is 7.07. The zero-order valence-corrected chi connectivity index (χ0v) is 11.2. The van der Waals surface area contributed by atoms with Crippen LogP contribution >= 0.6 is 11.8 Å². The van der Waals surface area contributed by atoms with Crippen LogP contribution in [0.3, 0.4) is 0 Å². The van der Waals surface area contributed by atoms with Gasteiger partial charge in [-0.15, -0.1) is 11.8 Å². The molecule has 0 spiro atoms. The Morgan fingerprint density at radius 1 is 1.65 bits per heavy atom. The van der Waals surface area contributed by atoms with E-state index in [-0.39, 0.29) is 11.9 Å². The number of likely N-dealkylation sites (tertiary alicyclic amines) is 1. The highest BCUT2D eigenvalue weighted by molar-refractivity contribution is 7.99. The molecule has 1 aromatic heterocycles.